The molecule has 0 bridgehead atoms. The smallest absolute Gasteiger partial charge is 0.339 e. The SMILES string of the molecule is COC(=O)c1ccc(C(=O)OC)c(S(=O)(=O)N(CC2CCC2)[C@H](C)CO)c1. The van der Waals surface area contributed by atoms with Gasteiger partial charge in [0.25, 0.3) is 0 Å². The number of methoxy groups -OCH3 is 2. The zero-order valence-electron chi connectivity index (χ0n) is 15.7. The number of carbonyl (C=O) groups is 2. The molecule has 27 heavy (non-hydrogen) atoms. The van der Waals surface area contributed by atoms with Crippen LogP contribution in [0.15, 0.2) is 23.1 Å². The van der Waals surface area contributed by atoms with Crippen molar-refractivity contribution in [3.05, 3.63) is 29.3 Å². The largest absolute Gasteiger partial charge is 0.465 e. The maximum Gasteiger partial charge on any atom is 0.339 e. The van der Waals surface area contributed by atoms with Crippen molar-refractivity contribution < 1.29 is 32.6 Å². The molecule has 0 heterocycles. The van der Waals surface area contributed by atoms with E-state index >= 15 is 0 Å². The maximum absolute atomic E-state index is 13.4. The van der Waals surface area contributed by atoms with Crippen molar-refractivity contribution in [3.63, 3.8) is 0 Å². The molecule has 0 aliphatic heterocycles. The van der Waals surface area contributed by atoms with Crippen molar-refractivity contribution in [2.75, 3.05) is 27.4 Å². The van der Waals surface area contributed by atoms with Gasteiger partial charge in [-0.1, -0.05) is 6.42 Å². The van der Waals surface area contributed by atoms with Crippen molar-refractivity contribution in [3.8, 4) is 0 Å². The van der Waals surface area contributed by atoms with Gasteiger partial charge < -0.3 is 14.6 Å². The lowest BCUT2D eigenvalue weighted by molar-refractivity contribution is 0.0583. The number of hydrogen-bond acceptors (Lipinski definition) is 7. The van der Waals surface area contributed by atoms with Crippen LogP contribution in [0.4, 0.5) is 0 Å². The van der Waals surface area contributed by atoms with E-state index in [0.29, 0.717) is 0 Å². The summed E-state index contributed by atoms with van der Waals surface area (Å²) >= 11 is 0. The summed E-state index contributed by atoms with van der Waals surface area (Å²) in [5.41, 5.74) is -0.169. The lowest BCUT2D eigenvalue weighted by Gasteiger charge is -2.34. The Bertz CT molecular complexity index is 802. The van der Waals surface area contributed by atoms with Gasteiger partial charge in [0.2, 0.25) is 10.0 Å². The van der Waals surface area contributed by atoms with Crippen LogP contribution in [0.3, 0.4) is 0 Å². The van der Waals surface area contributed by atoms with Crippen LogP contribution in [-0.2, 0) is 19.5 Å². The first kappa shape index (κ1) is 21.3. The Balaban J connectivity index is 2.57. The fraction of sp³-hybridized carbons (Fsp3) is 0.556. The molecule has 2 rings (SSSR count). The number of benzene rings is 1. The molecule has 0 aromatic heterocycles. The highest BCUT2D eigenvalue weighted by Crippen LogP contribution is 2.31. The van der Waals surface area contributed by atoms with Crippen molar-refractivity contribution >= 4 is 22.0 Å². The number of ether oxygens (including phenoxy) is 2. The number of esters is 2. The summed E-state index contributed by atoms with van der Waals surface area (Å²) in [6.07, 6.45) is 2.86. The van der Waals surface area contributed by atoms with E-state index in [2.05, 4.69) is 4.74 Å². The molecule has 1 atom stereocenters. The Morgan fingerprint density at radius 1 is 1.22 bits per heavy atom. The normalized spacial score (nSPS) is 15.9. The lowest BCUT2D eigenvalue weighted by atomic mass is 9.85. The minimum atomic E-state index is -4.17. The van der Waals surface area contributed by atoms with Crippen LogP contribution in [-0.4, -0.2) is 63.2 Å². The Morgan fingerprint density at radius 2 is 1.85 bits per heavy atom. The number of nitrogens with zero attached hydrogens (tertiary/aromatic N) is 1. The molecule has 150 valence electrons. The summed E-state index contributed by atoms with van der Waals surface area (Å²) in [4.78, 5) is 23.6. The van der Waals surface area contributed by atoms with Gasteiger partial charge >= 0.3 is 11.9 Å². The van der Waals surface area contributed by atoms with E-state index in [4.69, 9.17) is 4.74 Å². The molecule has 9 heteroatoms. The predicted molar refractivity (Wildman–Crippen MR) is 96.9 cm³/mol. The van der Waals surface area contributed by atoms with E-state index in [-0.39, 0.29) is 35.1 Å². The summed E-state index contributed by atoms with van der Waals surface area (Å²) in [5, 5.41) is 9.55. The Hall–Kier alpha value is -1.97. The van der Waals surface area contributed by atoms with Crippen LogP contribution < -0.4 is 0 Å². The van der Waals surface area contributed by atoms with E-state index in [9.17, 15) is 23.1 Å². The van der Waals surface area contributed by atoms with Crippen molar-refractivity contribution in [1.82, 2.24) is 4.31 Å². The minimum Gasteiger partial charge on any atom is -0.465 e. The van der Waals surface area contributed by atoms with Gasteiger partial charge in [-0.2, -0.15) is 4.31 Å². The van der Waals surface area contributed by atoms with Crippen molar-refractivity contribution in [2.45, 2.75) is 37.1 Å². The predicted octanol–water partition coefficient (Wildman–Crippen LogP) is 1.43. The molecule has 0 spiro atoms. The molecule has 0 amide bonds. The molecular weight excluding hydrogens is 374 g/mol. The molecule has 0 radical (unpaired) electrons. The van der Waals surface area contributed by atoms with E-state index < -0.39 is 28.0 Å². The van der Waals surface area contributed by atoms with Gasteiger partial charge in [-0.3, -0.25) is 0 Å². The second kappa shape index (κ2) is 8.81. The third-order valence-corrected chi connectivity index (χ3v) is 6.83. The van der Waals surface area contributed by atoms with Gasteiger partial charge in [0.15, 0.2) is 0 Å². The molecule has 1 saturated carbocycles. The second-order valence-corrected chi connectivity index (χ2v) is 8.46. The minimum absolute atomic E-state index is 0.00368. The summed E-state index contributed by atoms with van der Waals surface area (Å²) in [6.45, 7) is 1.47. The number of aliphatic hydroxyl groups is 1. The molecule has 1 aliphatic carbocycles. The van der Waals surface area contributed by atoms with E-state index in [0.717, 1.165) is 32.4 Å². The molecule has 1 aromatic carbocycles. The summed E-state index contributed by atoms with van der Waals surface area (Å²) < 4.78 is 37.3. The number of aliphatic hydroxyl groups excluding tert-OH is 1. The monoisotopic (exact) mass is 399 g/mol. The second-order valence-electron chi connectivity index (χ2n) is 6.60. The number of carbonyl (C=O) groups excluding carboxylic acids is 2. The Kier molecular flexibility index (Phi) is 6.96. The van der Waals surface area contributed by atoms with Gasteiger partial charge in [-0.15, -0.1) is 0 Å². The highest BCUT2D eigenvalue weighted by molar-refractivity contribution is 7.89. The number of sulfonamides is 1. The fourth-order valence-corrected chi connectivity index (χ4v) is 4.83. The molecule has 0 unspecified atom stereocenters. The first-order chi connectivity index (χ1) is 12.8. The first-order valence-electron chi connectivity index (χ1n) is 8.69. The Labute approximate surface area is 159 Å². The number of rotatable bonds is 8. The Morgan fingerprint density at radius 3 is 2.33 bits per heavy atom. The van der Waals surface area contributed by atoms with Gasteiger partial charge in [0.1, 0.15) is 0 Å². The summed E-state index contributed by atoms with van der Waals surface area (Å²) in [7, 11) is -1.84. The highest BCUT2D eigenvalue weighted by atomic mass is 32.2. The van der Waals surface area contributed by atoms with Gasteiger partial charge in [-0.05, 0) is 43.9 Å². The molecular formula is C18H25NO7S. The van der Waals surface area contributed by atoms with Crippen LogP contribution in [0.2, 0.25) is 0 Å². The van der Waals surface area contributed by atoms with Gasteiger partial charge in [0, 0.05) is 12.6 Å². The molecule has 1 aromatic rings. The van der Waals surface area contributed by atoms with Crippen LogP contribution in [0.1, 0.15) is 46.9 Å². The van der Waals surface area contributed by atoms with Gasteiger partial charge in [-0.25, -0.2) is 18.0 Å². The average Bonchev–Trinajstić information content (AvgIpc) is 2.64. The van der Waals surface area contributed by atoms with Crippen molar-refractivity contribution in [2.24, 2.45) is 5.92 Å². The molecule has 1 aliphatic rings. The topological polar surface area (TPSA) is 110 Å². The zero-order chi connectivity index (χ0) is 20.2. The lowest BCUT2D eigenvalue weighted by Crippen LogP contribution is -2.45. The van der Waals surface area contributed by atoms with E-state index in [1.807, 2.05) is 0 Å². The molecule has 8 nitrogen and oxygen atoms in total. The summed E-state index contributed by atoms with van der Waals surface area (Å²) in [6, 6.07) is 2.98. The van der Waals surface area contributed by atoms with Gasteiger partial charge in [0.05, 0.1) is 36.8 Å². The standard InChI is InChI=1S/C18H25NO7S/c1-12(11-20)19(10-13-5-4-6-13)27(23,24)16-9-14(17(21)25-2)7-8-15(16)18(22)26-3/h7-9,12-13,20H,4-6,10-11H2,1-3H3/t12-/m1/s1. The third kappa shape index (κ3) is 4.48. The highest BCUT2D eigenvalue weighted by Gasteiger charge is 2.36. The quantitative estimate of drug-likeness (QED) is 0.659. The molecule has 0 saturated heterocycles. The van der Waals surface area contributed by atoms with E-state index in [1.165, 1.54) is 23.5 Å². The zero-order valence-corrected chi connectivity index (χ0v) is 16.5. The molecule has 1 fully saturated rings. The third-order valence-electron chi connectivity index (χ3n) is 4.81. The van der Waals surface area contributed by atoms with E-state index in [1.54, 1.807) is 6.92 Å². The average molecular weight is 399 g/mol. The first-order valence-corrected chi connectivity index (χ1v) is 10.1. The van der Waals surface area contributed by atoms with Crippen LogP contribution >= 0.6 is 0 Å². The summed E-state index contributed by atoms with van der Waals surface area (Å²) in [5.74, 6) is -1.34. The number of hydrogen-bond donors (Lipinski definition) is 1. The van der Waals surface area contributed by atoms with Crippen molar-refractivity contribution in [1.29, 1.82) is 0 Å². The molecule has 1 N–H and O–H groups in total. The van der Waals surface area contributed by atoms with Crippen LogP contribution in [0.25, 0.3) is 0 Å². The fourth-order valence-electron chi connectivity index (χ4n) is 2.92. The van der Waals surface area contributed by atoms with Crippen LogP contribution in [0, 0.1) is 5.92 Å². The maximum atomic E-state index is 13.4. The van der Waals surface area contributed by atoms with Crippen LogP contribution in [0.5, 0.6) is 0 Å².